The Morgan fingerprint density at radius 3 is 3.05 bits per heavy atom. The predicted molar refractivity (Wildman–Crippen MR) is 89.6 cm³/mol. The first-order valence-electron chi connectivity index (χ1n) is 7.46. The number of thioether (sulfide) groups is 1. The second kappa shape index (κ2) is 6.31. The molecule has 1 aromatic carbocycles. The highest BCUT2D eigenvalue weighted by molar-refractivity contribution is 9.10. The molecule has 7 heteroatoms. The van der Waals surface area contributed by atoms with Gasteiger partial charge >= 0.3 is 0 Å². The van der Waals surface area contributed by atoms with Crippen molar-refractivity contribution in [2.75, 3.05) is 19.0 Å². The molecule has 22 heavy (non-hydrogen) atoms. The van der Waals surface area contributed by atoms with Crippen LogP contribution >= 0.6 is 27.7 Å². The van der Waals surface area contributed by atoms with Gasteiger partial charge in [0.05, 0.1) is 18.6 Å². The zero-order valence-electron chi connectivity index (χ0n) is 12.1. The highest BCUT2D eigenvalue weighted by Gasteiger charge is 2.26. The molecule has 0 aliphatic carbocycles. The van der Waals surface area contributed by atoms with Crippen molar-refractivity contribution >= 4 is 27.7 Å². The number of nitrogens with zero attached hydrogens (tertiary/aromatic N) is 4. The second-order valence-electron chi connectivity index (χ2n) is 5.62. The Morgan fingerprint density at radius 1 is 1.32 bits per heavy atom. The molecule has 1 atom stereocenters. The van der Waals surface area contributed by atoms with Crippen molar-refractivity contribution in [3.8, 4) is 11.4 Å². The van der Waals surface area contributed by atoms with Gasteiger partial charge in [-0.3, -0.25) is 9.47 Å². The molecule has 0 saturated carbocycles. The Hall–Kier alpha value is -0.890. The van der Waals surface area contributed by atoms with E-state index in [1.165, 1.54) is 12.8 Å². The first-order chi connectivity index (χ1) is 10.8. The maximum Gasteiger partial charge on any atom is 0.193 e. The Labute approximate surface area is 142 Å². The van der Waals surface area contributed by atoms with Crippen LogP contribution in [0.25, 0.3) is 11.4 Å². The number of fused-ring (bicyclic) bond motifs is 1. The van der Waals surface area contributed by atoms with Crippen LogP contribution < -0.4 is 0 Å². The summed E-state index contributed by atoms with van der Waals surface area (Å²) in [6.45, 7) is 2.72. The number of ether oxygens (including phenoxy) is 1. The van der Waals surface area contributed by atoms with Crippen molar-refractivity contribution < 1.29 is 4.74 Å². The fourth-order valence-electron chi connectivity index (χ4n) is 2.94. The standard InChI is InChI=1S/C15H17BrN4OS/c16-13-6-2-1-5-12(13)14-17-18-15-20(14)9-19(10-22-15)8-11-4-3-7-21-11/h1-2,5-6,11H,3-4,7-10H2. The number of halogens is 1. The van der Waals surface area contributed by atoms with Gasteiger partial charge in [0, 0.05) is 23.2 Å². The van der Waals surface area contributed by atoms with Crippen LogP contribution in [0.3, 0.4) is 0 Å². The fraction of sp³-hybridized carbons (Fsp3) is 0.467. The summed E-state index contributed by atoms with van der Waals surface area (Å²) in [6, 6.07) is 8.16. The van der Waals surface area contributed by atoms with E-state index in [0.29, 0.717) is 6.10 Å². The van der Waals surface area contributed by atoms with Gasteiger partial charge in [-0.05, 0) is 18.9 Å². The molecule has 1 aromatic heterocycles. The van der Waals surface area contributed by atoms with E-state index >= 15 is 0 Å². The number of rotatable bonds is 3. The first-order valence-corrected chi connectivity index (χ1v) is 9.24. The van der Waals surface area contributed by atoms with E-state index in [0.717, 1.165) is 46.7 Å². The Balaban J connectivity index is 1.58. The monoisotopic (exact) mass is 380 g/mol. The molecule has 1 fully saturated rings. The molecule has 0 spiro atoms. The van der Waals surface area contributed by atoms with Crippen LogP contribution in [-0.4, -0.2) is 44.8 Å². The van der Waals surface area contributed by atoms with Crippen LogP contribution in [0, 0.1) is 0 Å². The fourth-order valence-corrected chi connectivity index (χ4v) is 4.29. The maximum atomic E-state index is 5.76. The van der Waals surface area contributed by atoms with Gasteiger partial charge < -0.3 is 4.74 Å². The summed E-state index contributed by atoms with van der Waals surface area (Å²) >= 11 is 5.36. The second-order valence-corrected chi connectivity index (χ2v) is 7.38. The van der Waals surface area contributed by atoms with E-state index < -0.39 is 0 Å². The van der Waals surface area contributed by atoms with E-state index in [1.807, 2.05) is 18.2 Å². The van der Waals surface area contributed by atoms with Crippen molar-refractivity contribution in [1.82, 2.24) is 19.7 Å². The highest BCUT2D eigenvalue weighted by Crippen LogP contribution is 2.32. The number of hydrogen-bond donors (Lipinski definition) is 0. The molecule has 3 heterocycles. The van der Waals surface area contributed by atoms with E-state index in [1.54, 1.807) is 11.8 Å². The smallest absolute Gasteiger partial charge is 0.193 e. The lowest BCUT2D eigenvalue weighted by Crippen LogP contribution is -2.36. The molecule has 2 aliphatic rings. The minimum absolute atomic E-state index is 0.380. The van der Waals surface area contributed by atoms with Gasteiger partial charge in [0.1, 0.15) is 0 Å². The van der Waals surface area contributed by atoms with Crippen molar-refractivity contribution in [2.24, 2.45) is 0 Å². The summed E-state index contributed by atoms with van der Waals surface area (Å²) in [7, 11) is 0. The molecular formula is C15H17BrN4OS. The average Bonchev–Trinajstić information content (AvgIpc) is 3.17. The predicted octanol–water partition coefficient (Wildman–Crippen LogP) is 3.21. The molecular weight excluding hydrogens is 364 g/mol. The van der Waals surface area contributed by atoms with Crippen LogP contribution in [0.1, 0.15) is 12.8 Å². The largest absolute Gasteiger partial charge is 0.377 e. The van der Waals surface area contributed by atoms with Crippen molar-refractivity contribution in [3.63, 3.8) is 0 Å². The minimum Gasteiger partial charge on any atom is -0.377 e. The van der Waals surface area contributed by atoms with Gasteiger partial charge in [0.2, 0.25) is 0 Å². The van der Waals surface area contributed by atoms with Crippen LogP contribution in [0.15, 0.2) is 33.9 Å². The molecule has 4 rings (SSSR count). The Kier molecular flexibility index (Phi) is 4.21. The normalized spacial score (nSPS) is 22.0. The van der Waals surface area contributed by atoms with Gasteiger partial charge in [-0.25, -0.2) is 0 Å². The van der Waals surface area contributed by atoms with E-state index in [2.05, 4.69) is 41.7 Å². The molecule has 0 radical (unpaired) electrons. The highest BCUT2D eigenvalue weighted by atomic mass is 79.9. The number of benzene rings is 1. The Morgan fingerprint density at radius 2 is 2.23 bits per heavy atom. The van der Waals surface area contributed by atoms with Gasteiger partial charge in [0.25, 0.3) is 0 Å². The molecule has 1 saturated heterocycles. The molecule has 5 nitrogen and oxygen atoms in total. The molecule has 1 unspecified atom stereocenters. The molecule has 0 N–H and O–H groups in total. The quantitative estimate of drug-likeness (QED) is 0.817. The topological polar surface area (TPSA) is 43.2 Å². The van der Waals surface area contributed by atoms with Crippen molar-refractivity contribution in [3.05, 3.63) is 28.7 Å². The molecule has 2 aromatic rings. The zero-order chi connectivity index (χ0) is 14.9. The summed E-state index contributed by atoms with van der Waals surface area (Å²) in [4.78, 5) is 2.41. The van der Waals surface area contributed by atoms with Gasteiger partial charge in [-0.1, -0.05) is 45.9 Å². The maximum absolute atomic E-state index is 5.76. The summed E-state index contributed by atoms with van der Waals surface area (Å²) in [5.74, 6) is 1.88. The van der Waals surface area contributed by atoms with Crippen molar-refractivity contribution in [1.29, 1.82) is 0 Å². The summed E-state index contributed by atoms with van der Waals surface area (Å²) in [5, 5.41) is 9.73. The third kappa shape index (κ3) is 2.82. The van der Waals surface area contributed by atoms with Crippen LogP contribution in [0.4, 0.5) is 0 Å². The molecule has 0 bridgehead atoms. The summed E-state index contributed by atoms with van der Waals surface area (Å²) in [6.07, 6.45) is 2.74. The summed E-state index contributed by atoms with van der Waals surface area (Å²) in [5.41, 5.74) is 1.08. The first kappa shape index (κ1) is 14.7. The lowest BCUT2D eigenvalue weighted by molar-refractivity contribution is 0.0677. The summed E-state index contributed by atoms with van der Waals surface area (Å²) < 4.78 is 9.01. The average molecular weight is 381 g/mol. The van der Waals surface area contributed by atoms with Gasteiger partial charge in [-0.2, -0.15) is 0 Å². The SMILES string of the molecule is Brc1ccccc1-c1nnc2n1CN(CC1CCCO1)CS2. The van der Waals surface area contributed by atoms with Crippen LogP contribution in [-0.2, 0) is 11.4 Å². The van der Waals surface area contributed by atoms with Crippen LogP contribution in [0.5, 0.6) is 0 Å². The van der Waals surface area contributed by atoms with Crippen LogP contribution in [0.2, 0.25) is 0 Å². The lowest BCUT2D eigenvalue weighted by Gasteiger charge is -2.29. The zero-order valence-corrected chi connectivity index (χ0v) is 14.5. The third-order valence-electron chi connectivity index (χ3n) is 4.04. The van der Waals surface area contributed by atoms with E-state index in [9.17, 15) is 0 Å². The molecule has 2 aliphatic heterocycles. The van der Waals surface area contributed by atoms with Gasteiger partial charge in [-0.15, -0.1) is 10.2 Å². The van der Waals surface area contributed by atoms with E-state index in [4.69, 9.17) is 4.74 Å². The third-order valence-corrected chi connectivity index (χ3v) is 5.78. The van der Waals surface area contributed by atoms with E-state index in [-0.39, 0.29) is 0 Å². The number of aromatic nitrogens is 3. The lowest BCUT2D eigenvalue weighted by atomic mass is 10.2. The van der Waals surface area contributed by atoms with Crippen molar-refractivity contribution in [2.45, 2.75) is 30.8 Å². The molecule has 0 amide bonds. The minimum atomic E-state index is 0.380. The van der Waals surface area contributed by atoms with Gasteiger partial charge in [0.15, 0.2) is 11.0 Å². The number of hydrogen-bond acceptors (Lipinski definition) is 5. The molecule has 116 valence electrons. The Bertz CT molecular complexity index is 671.